The molecule has 0 saturated carbocycles. The van der Waals surface area contributed by atoms with Crippen molar-refractivity contribution < 1.29 is 4.74 Å². The smallest absolute Gasteiger partial charge is 0.161 e. The lowest BCUT2D eigenvalue weighted by Crippen LogP contribution is -2.17. The quantitative estimate of drug-likeness (QED) is 0.777. The summed E-state index contributed by atoms with van der Waals surface area (Å²) in [4.78, 5) is 0. The van der Waals surface area contributed by atoms with Gasteiger partial charge in [0.15, 0.2) is 5.65 Å². The fourth-order valence-corrected chi connectivity index (χ4v) is 1.75. The fourth-order valence-electron chi connectivity index (χ4n) is 1.75. The van der Waals surface area contributed by atoms with E-state index in [1.54, 1.807) is 7.11 Å². The van der Waals surface area contributed by atoms with Gasteiger partial charge in [0.05, 0.1) is 12.3 Å². The van der Waals surface area contributed by atoms with E-state index in [1.165, 1.54) is 0 Å². The number of aromatic nitrogens is 3. The molecule has 2 heterocycles. The van der Waals surface area contributed by atoms with Gasteiger partial charge in [0.2, 0.25) is 0 Å². The van der Waals surface area contributed by atoms with Crippen LogP contribution in [0, 0.1) is 0 Å². The molecule has 4 nitrogen and oxygen atoms in total. The van der Waals surface area contributed by atoms with Crippen LogP contribution in [0.25, 0.3) is 5.65 Å². The highest BCUT2D eigenvalue weighted by atomic mass is 16.5. The summed E-state index contributed by atoms with van der Waals surface area (Å²) in [5.74, 6) is 0.968. The summed E-state index contributed by atoms with van der Waals surface area (Å²) < 4.78 is 7.27. The average Bonchev–Trinajstić information content (AvgIpc) is 2.62. The van der Waals surface area contributed by atoms with Crippen LogP contribution in [0.1, 0.15) is 32.3 Å². The van der Waals surface area contributed by atoms with E-state index in [9.17, 15) is 0 Å². The third-order valence-corrected chi connectivity index (χ3v) is 2.47. The molecule has 0 saturated heterocycles. The standard InChI is InChI=1S/C12H17N3O/c1-12(2,3)11-14-13-10-7-5-6-9(8-16-4)15(10)11/h5-7H,8H2,1-4H3. The minimum absolute atomic E-state index is 0.0245. The number of fused-ring (bicyclic) bond motifs is 1. The minimum Gasteiger partial charge on any atom is -0.378 e. The van der Waals surface area contributed by atoms with E-state index in [-0.39, 0.29) is 5.41 Å². The normalized spacial score (nSPS) is 12.2. The highest BCUT2D eigenvalue weighted by Gasteiger charge is 2.21. The van der Waals surface area contributed by atoms with Crippen molar-refractivity contribution in [1.29, 1.82) is 0 Å². The van der Waals surface area contributed by atoms with Crippen LogP contribution in [-0.4, -0.2) is 21.7 Å². The number of ether oxygens (including phenoxy) is 1. The van der Waals surface area contributed by atoms with Gasteiger partial charge < -0.3 is 4.74 Å². The molecule has 0 amide bonds. The van der Waals surface area contributed by atoms with Crippen molar-refractivity contribution in [2.75, 3.05) is 7.11 Å². The fraction of sp³-hybridized carbons (Fsp3) is 0.500. The molecule has 0 aliphatic rings. The number of nitrogens with zero attached hydrogens (tertiary/aromatic N) is 3. The Morgan fingerprint density at radius 3 is 2.62 bits per heavy atom. The van der Waals surface area contributed by atoms with Crippen molar-refractivity contribution >= 4 is 5.65 Å². The number of methoxy groups -OCH3 is 1. The molecule has 2 aromatic heterocycles. The van der Waals surface area contributed by atoms with Gasteiger partial charge in [-0.1, -0.05) is 26.8 Å². The lowest BCUT2D eigenvalue weighted by atomic mass is 9.96. The van der Waals surface area contributed by atoms with Crippen molar-refractivity contribution in [3.63, 3.8) is 0 Å². The van der Waals surface area contributed by atoms with Crippen LogP contribution in [0.2, 0.25) is 0 Å². The maximum Gasteiger partial charge on any atom is 0.161 e. The lowest BCUT2D eigenvalue weighted by molar-refractivity contribution is 0.180. The largest absolute Gasteiger partial charge is 0.378 e. The Hall–Kier alpha value is -1.42. The highest BCUT2D eigenvalue weighted by Crippen LogP contribution is 2.22. The second-order valence-electron chi connectivity index (χ2n) is 4.92. The van der Waals surface area contributed by atoms with E-state index in [2.05, 4.69) is 35.4 Å². The molecule has 0 aromatic carbocycles. The predicted octanol–water partition coefficient (Wildman–Crippen LogP) is 2.17. The summed E-state index contributed by atoms with van der Waals surface area (Å²) in [6.45, 7) is 6.96. The molecule has 0 N–H and O–H groups in total. The first-order valence-electron chi connectivity index (χ1n) is 5.36. The van der Waals surface area contributed by atoms with Crippen LogP contribution >= 0.6 is 0 Å². The Bertz CT molecular complexity index is 496. The second-order valence-corrected chi connectivity index (χ2v) is 4.92. The Morgan fingerprint density at radius 1 is 1.25 bits per heavy atom. The third-order valence-electron chi connectivity index (χ3n) is 2.47. The second kappa shape index (κ2) is 3.87. The van der Waals surface area contributed by atoms with Gasteiger partial charge in [-0.25, -0.2) is 0 Å². The number of hydrogen-bond donors (Lipinski definition) is 0. The molecular weight excluding hydrogens is 202 g/mol. The van der Waals surface area contributed by atoms with Crippen LogP contribution in [0.4, 0.5) is 0 Å². The van der Waals surface area contributed by atoms with E-state index in [0.717, 1.165) is 17.2 Å². The van der Waals surface area contributed by atoms with Gasteiger partial charge in [-0.3, -0.25) is 4.40 Å². The van der Waals surface area contributed by atoms with Crippen molar-refractivity contribution in [2.24, 2.45) is 0 Å². The van der Waals surface area contributed by atoms with Crippen molar-refractivity contribution in [3.05, 3.63) is 29.7 Å². The van der Waals surface area contributed by atoms with E-state index in [4.69, 9.17) is 4.74 Å². The first-order valence-corrected chi connectivity index (χ1v) is 5.36. The molecule has 0 fully saturated rings. The summed E-state index contributed by atoms with van der Waals surface area (Å²) in [7, 11) is 1.69. The van der Waals surface area contributed by atoms with Crippen molar-refractivity contribution in [1.82, 2.24) is 14.6 Å². The van der Waals surface area contributed by atoms with Crippen LogP contribution in [0.3, 0.4) is 0 Å². The predicted molar refractivity (Wildman–Crippen MR) is 62.4 cm³/mol. The van der Waals surface area contributed by atoms with Crippen molar-refractivity contribution in [2.45, 2.75) is 32.8 Å². The van der Waals surface area contributed by atoms with Crippen LogP contribution < -0.4 is 0 Å². The highest BCUT2D eigenvalue weighted by molar-refractivity contribution is 5.40. The summed E-state index contributed by atoms with van der Waals surface area (Å²) in [5.41, 5.74) is 1.93. The lowest BCUT2D eigenvalue weighted by Gasteiger charge is -2.17. The van der Waals surface area contributed by atoms with E-state index >= 15 is 0 Å². The Kier molecular flexibility index (Phi) is 2.68. The molecule has 2 rings (SSSR count). The molecule has 0 unspecified atom stereocenters. The average molecular weight is 219 g/mol. The zero-order chi connectivity index (χ0) is 11.8. The van der Waals surface area contributed by atoms with Gasteiger partial charge >= 0.3 is 0 Å². The third kappa shape index (κ3) is 1.80. The molecule has 4 heteroatoms. The van der Waals surface area contributed by atoms with Gasteiger partial charge in [-0.2, -0.15) is 0 Å². The van der Waals surface area contributed by atoms with Gasteiger partial charge in [-0.15, -0.1) is 10.2 Å². The maximum atomic E-state index is 5.20. The molecule has 0 aliphatic carbocycles. The Balaban J connectivity index is 2.68. The van der Waals surface area contributed by atoms with E-state index < -0.39 is 0 Å². The van der Waals surface area contributed by atoms with Gasteiger partial charge in [0.1, 0.15) is 5.82 Å². The number of rotatable bonds is 2. The van der Waals surface area contributed by atoms with E-state index in [0.29, 0.717) is 6.61 Å². The van der Waals surface area contributed by atoms with Gasteiger partial charge in [0, 0.05) is 12.5 Å². The Morgan fingerprint density at radius 2 is 2.00 bits per heavy atom. The Labute approximate surface area is 95.3 Å². The van der Waals surface area contributed by atoms with E-state index in [1.807, 2.05) is 18.2 Å². The number of hydrogen-bond acceptors (Lipinski definition) is 3. The topological polar surface area (TPSA) is 39.4 Å². The molecular formula is C12H17N3O. The van der Waals surface area contributed by atoms with Crippen LogP contribution in [-0.2, 0) is 16.8 Å². The van der Waals surface area contributed by atoms with Crippen LogP contribution in [0.5, 0.6) is 0 Å². The molecule has 0 bridgehead atoms. The minimum atomic E-state index is -0.0245. The SMILES string of the molecule is COCc1cccc2nnc(C(C)(C)C)n12. The molecule has 0 spiro atoms. The summed E-state index contributed by atoms with van der Waals surface area (Å²) in [6.07, 6.45) is 0. The maximum absolute atomic E-state index is 5.20. The van der Waals surface area contributed by atoms with Crippen molar-refractivity contribution in [3.8, 4) is 0 Å². The first-order chi connectivity index (χ1) is 7.54. The summed E-state index contributed by atoms with van der Waals surface area (Å²) >= 11 is 0. The number of pyridine rings is 1. The molecule has 16 heavy (non-hydrogen) atoms. The molecule has 2 aromatic rings. The molecule has 86 valence electrons. The summed E-state index contributed by atoms with van der Waals surface area (Å²) in [5, 5.41) is 8.45. The zero-order valence-corrected chi connectivity index (χ0v) is 10.2. The summed E-state index contributed by atoms with van der Waals surface area (Å²) in [6, 6.07) is 5.97. The van der Waals surface area contributed by atoms with Crippen LogP contribution in [0.15, 0.2) is 18.2 Å². The zero-order valence-electron chi connectivity index (χ0n) is 10.2. The monoisotopic (exact) mass is 219 g/mol. The first kappa shape index (κ1) is 11.1. The molecule has 0 radical (unpaired) electrons. The van der Waals surface area contributed by atoms with Gasteiger partial charge in [-0.05, 0) is 12.1 Å². The molecule has 0 aliphatic heterocycles. The molecule has 0 atom stereocenters. The van der Waals surface area contributed by atoms with Gasteiger partial charge in [0.25, 0.3) is 0 Å².